The van der Waals surface area contributed by atoms with Crippen LogP contribution in [0, 0.1) is 52.3 Å². The molecular weight excluding hydrogens is 512 g/mol. The van der Waals surface area contributed by atoms with Gasteiger partial charge in [-0.3, -0.25) is 0 Å². The van der Waals surface area contributed by atoms with E-state index in [2.05, 4.69) is 27.7 Å². The molecule has 0 aromatic carbocycles. The number of rotatable bonds is 2. The summed E-state index contributed by atoms with van der Waals surface area (Å²) in [6.07, 6.45) is 4.04. The first-order chi connectivity index (χ1) is 19.0. The maximum Gasteiger partial charge on any atom is 0.186 e. The summed E-state index contributed by atoms with van der Waals surface area (Å²) in [7, 11) is 0. The van der Waals surface area contributed by atoms with E-state index >= 15 is 0 Å². The number of hydrogen-bond donors (Lipinski definition) is 4. The largest absolute Gasteiger partial charge is 0.393 e. The minimum atomic E-state index is -1.30. The van der Waals surface area contributed by atoms with Crippen LogP contribution in [0.2, 0.25) is 0 Å². The lowest BCUT2D eigenvalue weighted by Crippen LogP contribution is -2.61. The molecule has 3 heterocycles. The minimum absolute atomic E-state index is 0.0416. The maximum atomic E-state index is 10.7. The van der Waals surface area contributed by atoms with Crippen LogP contribution >= 0.6 is 0 Å². The van der Waals surface area contributed by atoms with Crippen LogP contribution in [0.25, 0.3) is 0 Å². The van der Waals surface area contributed by atoms with Crippen LogP contribution in [0.5, 0.6) is 0 Å². The second kappa shape index (κ2) is 9.85. The Hall–Kier alpha value is -0.320. The number of fused-ring (bicyclic) bond motifs is 7. The van der Waals surface area contributed by atoms with E-state index in [0.717, 1.165) is 38.7 Å². The number of aliphatic hydroxyl groups excluding tert-OH is 4. The zero-order valence-electron chi connectivity index (χ0n) is 24.8. The Morgan fingerprint density at radius 1 is 0.775 bits per heavy atom. The van der Waals surface area contributed by atoms with Crippen molar-refractivity contribution in [2.24, 2.45) is 52.3 Å². The second-order valence-corrected chi connectivity index (χ2v) is 15.6. The van der Waals surface area contributed by atoms with Gasteiger partial charge in [0.05, 0.1) is 31.5 Å². The molecule has 0 aromatic rings. The molecule has 17 atom stereocenters. The van der Waals surface area contributed by atoms with E-state index in [1.54, 1.807) is 0 Å². The first kappa shape index (κ1) is 28.5. The van der Waals surface area contributed by atoms with Crippen LogP contribution in [-0.4, -0.2) is 82.3 Å². The van der Waals surface area contributed by atoms with Gasteiger partial charge in [0.1, 0.15) is 18.3 Å². The van der Waals surface area contributed by atoms with Crippen LogP contribution < -0.4 is 0 Å². The number of hydrogen-bond acceptors (Lipinski definition) is 8. The van der Waals surface area contributed by atoms with Crippen molar-refractivity contribution in [3.05, 3.63) is 0 Å². The summed E-state index contributed by atoms with van der Waals surface area (Å²) in [6, 6.07) is 0. The average Bonchev–Trinajstić information content (AvgIpc) is 3.37. The third kappa shape index (κ3) is 4.06. The summed E-state index contributed by atoms with van der Waals surface area (Å²) in [5, 5.41) is 41.8. The third-order valence-corrected chi connectivity index (χ3v) is 13.7. The molecule has 40 heavy (non-hydrogen) atoms. The monoisotopic (exact) mass is 564 g/mol. The van der Waals surface area contributed by atoms with Gasteiger partial charge in [0.15, 0.2) is 12.1 Å². The van der Waals surface area contributed by atoms with Gasteiger partial charge in [-0.1, -0.05) is 27.7 Å². The molecule has 0 amide bonds. The van der Waals surface area contributed by atoms with E-state index < -0.39 is 30.4 Å². The van der Waals surface area contributed by atoms with Crippen molar-refractivity contribution in [1.29, 1.82) is 0 Å². The Kier molecular flexibility index (Phi) is 7.00. The van der Waals surface area contributed by atoms with Gasteiger partial charge in [-0.25, -0.2) is 0 Å². The van der Waals surface area contributed by atoms with E-state index in [1.165, 1.54) is 19.3 Å². The fraction of sp³-hybridized carbons (Fsp3) is 1.00. The van der Waals surface area contributed by atoms with Gasteiger partial charge in [0.25, 0.3) is 0 Å². The third-order valence-electron chi connectivity index (χ3n) is 13.7. The van der Waals surface area contributed by atoms with Gasteiger partial charge >= 0.3 is 0 Å². The van der Waals surface area contributed by atoms with E-state index in [9.17, 15) is 20.4 Å². The van der Waals surface area contributed by atoms with Crippen LogP contribution in [0.4, 0.5) is 0 Å². The van der Waals surface area contributed by atoms with E-state index in [4.69, 9.17) is 18.9 Å². The lowest BCUT2D eigenvalue weighted by molar-refractivity contribution is -0.306. The lowest BCUT2D eigenvalue weighted by Gasteiger charge is -2.63. The molecule has 8 heteroatoms. The van der Waals surface area contributed by atoms with Gasteiger partial charge in [0, 0.05) is 12.3 Å². The molecule has 4 saturated carbocycles. The Labute approximate surface area is 239 Å². The molecule has 3 aliphatic heterocycles. The van der Waals surface area contributed by atoms with Gasteiger partial charge in [-0.05, 0) is 97.7 Å². The molecule has 7 rings (SSSR count). The lowest BCUT2D eigenvalue weighted by atomic mass is 9.43. The van der Waals surface area contributed by atoms with Crippen LogP contribution in [0.1, 0.15) is 85.5 Å². The van der Waals surface area contributed by atoms with Gasteiger partial charge in [-0.15, -0.1) is 0 Å². The topological polar surface area (TPSA) is 118 Å². The van der Waals surface area contributed by atoms with Crippen molar-refractivity contribution in [2.75, 3.05) is 13.2 Å². The van der Waals surface area contributed by atoms with E-state index in [0.29, 0.717) is 41.9 Å². The molecule has 0 aromatic heterocycles. The summed E-state index contributed by atoms with van der Waals surface area (Å²) >= 11 is 0. The molecule has 4 aliphatic carbocycles. The Balaban J connectivity index is 1.16. The summed E-state index contributed by atoms with van der Waals surface area (Å²) in [6.45, 7) is 10.3. The molecule has 0 unspecified atom stereocenters. The first-order valence-corrected chi connectivity index (χ1v) is 16.3. The van der Waals surface area contributed by atoms with Gasteiger partial charge in [-0.2, -0.15) is 0 Å². The Bertz CT molecular complexity index is 953. The molecule has 0 bridgehead atoms. The van der Waals surface area contributed by atoms with E-state index in [-0.39, 0.29) is 41.7 Å². The highest BCUT2D eigenvalue weighted by Gasteiger charge is 2.70. The van der Waals surface area contributed by atoms with Crippen molar-refractivity contribution < 1.29 is 39.4 Å². The molecule has 0 radical (unpaired) electrons. The van der Waals surface area contributed by atoms with Gasteiger partial charge < -0.3 is 39.4 Å². The van der Waals surface area contributed by atoms with Crippen molar-refractivity contribution in [1.82, 2.24) is 0 Å². The zero-order chi connectivity index (χ0) is 28.2. The van der Waals surface area contributed by atoms with Crippen LogP contribution in [-0.2, 0) is 18.9 Å². The summed E-state index contributed by atoms with van der Waals surface area (Å²) in [5.74, 6) is 2.79. The van der Waals surface area contributed by atoms with Crippen molar-refractivity contribution >= 4 is 0 Å². The smallest absolute Gasteiger partial charge is 0.186 e. The van der Waals surface area contributed by atoms with E-state index in [1.807, 2.05) is 0 Å². The van der Waals surface area contributed by atoms with Crippen LogP contribution in [0.3, 0.4) is 0 Å². The quantitative estimate of drug-likeness (QED) is 0.378. The van der Waals surface area contributed by atoms with Crippen molar-refractivity contribution in [3.8, 4) is 0 Å². The highest BCUT2D eigenvalue weighted by atomic mass is 16.7. The number of ether oxygens (including phenoxy) is 4. The standard InChI is InChI=1S/C32H52O8/c1-16-5-10-32(38-14-16)17(2)26-25(40-32)13-21-19-12-24(39-29-28(36)27(35)23(34)15-37-29)22-11-18(33)6-8-30(22,3)20(19)7-9-31(21,26)4/h16-29,33-36H,5-15H2,1-4H3/t16-,17+,18+,19-,20+,21+,22-,23-,24+,25+,26+,27+,28-,29+,30-,31+,32-/m1/s1. The maximum absolute atomic E-state index is 10.7. The van der Waals surface area contributed by atoms with Crippen LogP contribution in [0.15, 0.2) is 0 Å². The second-order valence-electron chi connectivity index (χ2n) is 15.6. The molecule has 7 fully saturated rings. The predicted octanol–water partition coefficient (Wildman–Crippen LogP) is 3.23. The summed E-state index contributed by atoms with van der Waals surface area (Å²) < 4.78 is 25.8. The zero-order valence-corrected chi connectivity index (χ0v) is 24.8. The number of aliphatic hydroxyl groups is 4. The molecule has 3 saturated heterocycles. The highest BCUT2D eigenvalue weighted by molar-refractivity contribution is 5.16. The highest BCUT2D eigenvalue weighted by Crippen LogP contribution is 2.71. The molecule has 7 aliphatic rings. The minimum Gasteiger partial charge on any atom is -0.393 e. The van der Waals surface area contributed by atoms with Gasteiger partial charge in [0.2, 0.25) is 0 Å². The first-order valence-electron chi connectivity index (χ1n) is 16.3. The normalized spacial score (nSPS) is 61.5. The summed E-state index contributed by atoms with van der Waals surface area (Å²) in [5.41, 5.74) is 0.226. The molecule has 1 spiro atoms. The Morgan fingerprint density at radius 2 is 1.55 bits per heavy atom. The van der Waals surface area contributed by atoms with Crippen molar-refractivity contribution in [2.45, 2.75) is 134 Å². The molecule has 4 N–H and O–H groups in total. The fourth-order valence-corrected chi connectivity index (χ4v) is 11.5. The SMILES string of the molecule is C[C@@H]1CC[C@@]2(OC1)O[C@H]1C[C@H]3[C@@H]4C[C@H](O[C@@H]5OC[C@@H](O)[C@H](O)[C@H]5O)[C@H]5C[C@@H](O)CC[C@]5(C)[C@H]4CC[C@]3(C)[C@H]1[C@@H]2C. The molecular formula is C32H52O8. The summed E-state index contributed by atoms with van der Waals surface area (Å²) in [4.78, 5) is 0. The predicted molar refractivity (Wildman–Crippen MR) is 146 cm³/mol. The Morgan fingerprint density at radius 3 is 2.30 bits per heavy atom. The molecule has 8 nitrogen and oxygen atoms in total. The molecule has 228 valence electrons. The average molecular weight is 565 g/mol. The fourth-order valence-electron chi connectivity index (χ4n) is 11.5. The van der Waals surface area contributed by atoms with Crippen molar-refractivity contribution in [3.63, 3.8) is 0 Å².